The third-order valence-electron chi connectivity index (χ3n) is 3.36. The molecule has 5 nitrogen and oxygen atoms in total. The van der Waals surface area contributed by atoms with Crippen LogP contribution < -0.4 is 0 Å². The summed E-state index contributed by atoms with van der Waals surface area (Å²) < 4.78 is 3.73. The van der Waals surface area contributed by atoms with Gasteiger partial charge in [-0.15, -0.1) is 5.10 Å². The van der Waals surface area contributed by atoms with Crippen LogP contribution in [0.3, 0.4) is 0 Å². The fraction of sp³-hybridized carbons (Fsp3) is 0.462. The molecule has 0 bridgehead atoms. The molecule has 0 unspecified atom stereocenters. The van der Waals surface area contributed by atoms with Gasteiger partial charge in [0, 0.05) is 37.6 Å². The molecule has 0 atom stereocenters. The van der Waals surface area contributed by atoms with Crippen LogP contribution in [0.4, 0.5) is 0 Å². The summed E-state index contributed by atoms with van der Waals surface area (Å²) in [5.74, 6) is 0.278. The van der Waals surface area contributed by atoms with E-state index in [9.17, 15) is 4.79 Å². The van der Waals surface area contributed by atoms with E-state index in [4.69, 9.17) is 0 Å². The van der Waals surface area contributed by atoms with E-state index in [1.807, 2.05) is 24.0 Å². The second-order valence-electron chi connectivity index (χ2n) is 4.88. The fourth-order valence-electron chi connectivity index (χ4n) is 2.49. The highest BCUT2D eigenvalue weighted by molar-refractivity contribution is 5.97. The highest BCUT2D eigenvalue weighted by atomic mass is 16.1. The lowest BCUT2D eigenvalue weighted by Gasteiger charge is -1.98. The third kappa shape index (κ3) is 2.08. The van der Waals surface area contributed by atoms with Gasteiger partial charge in [0.05, 0.1) is 6.54 Å². The van der Waals surface area contributed by atoms with E-state index >= 15 is 0 Å². The number of fused-ring (bicyclic) bond motifs is 1. The minimum absolute atomic E-state index is 0.278. The van der Waals surface area contributed by atoms with Gasteiger partial charge >= 0.3 is 0 Å². The number of rotatable bonds is 2. The van der Waals surface area contributed by atoms with Gasteiger partial charge in [-0.25, -0.2) is 0 Å². The number of carbonyl (C=O) groups is 1. The minimum Gasteiger partial charge on any atom is -0.347 e. The quantitative estimate of drug-likeness (QED) is 0.753. The van der Waals surface area contributed by atoms with Gasteiger partial charge in [-0.2, -0.15) is 0 Å². The smallest absolute Gasteiger partial charge is 0.164 e. The molecule has 0 spiro atoms. The van der Waals surface area contributed by atoms with Crippen molar-refractivity contribution in [3.05, 3.63) is 35.4 Å². The van der Waals surface area contributed by atoms with Crippen molar-refractivity contribution >= 4 is 5.78 Å². The molecule has 3 rings (SSSR count). The van der Waals surface area contributed by atoms with E-state index in [0.29, 0.717) is 13.0 Å². The van der Waals surface area contributed by atoms with Crippen molar-refractivity contribution in [3.63, 3.8) is 0 Å². The molecule has 18 heavy (non-hydrogen) atoms. The summed E-state index contributed by atoms with van der Waals surface area (Å²) in [6, 6.07) is 0. The molecule has 0 aromatic carbocycles. The first-order valence-corrected chi connectivity index (χ1v) is 6.29. The number of nitrogens with zero attached hydrogens (tertiary/aromatic N) is 4. The predicted octanol–water partition coefficient (Wildman–Crippen LogP) is 1.57. The van der Waals surface area contributed by atoms with Crippen LogP contribution in [0.15, 0.2) is 18.6 Å². The molecule has 0 saturated heterocycles. The summed E-state index contributed by atoms with van der Waals surface area (Å²) in [6.07, 6.45) is 9.74. The monoisotopic (exact) mass is 244 g/mol. The molecule has 94 valence electrons. The Labute approximate surface area is 105 Å². The molecule has 0 amide bonds. The van der Waals surface area contributed by atoms with Crippen LogP contribution in [0.25, 0.3) is 0 Å². The zero-order valence-electron chi connectivity index (χ0n) is 10.5. The van der Waals surface area contributed by atoms with Crippen molar-refractivity contribution in [1.29, 1.82) is 0 Å². The number of Topliss-reactive ketones (excluding diaryl/α,β-unsaturated/α-hetero) is 1. The van der Waals surface area contributed by atoms with Crippen molar-refractivity contribution in [3.8, 4) is 0 Å². The molecular formula is C13H16N4O. The highest BCUT2D eigenvalue weighted by Crippen LogP contribution is 2.21. The second kappa shape index (κ2) is 4.40. The SMILES string of the molecule is Cn1cc(Cn2cc3c(c2)C(=O)CCCC3)nn1. The number of aromatic nitrogens is 4. The molecule has 5 heteroatoms. The summed E-state index contributed by atoms with van der Waals surface area (Å²) in [5.41, 5.74) is 2.99. The maximum Gasteiger partial charge on any atom is 0.164 e. The molecule has 0 radical (unpaired) electrons. The standard InChI is InChI=1S/C13H16N4O/c1-16-7-11(14-15-16)8-17-6-10-4-2-3-5-13(18)12(10)9-17/h6-7,9H,2-5,8H2,1H3. The number of aryl methyl sites for hydroxylation is 2. The Bertz CT molecular complexity index is 582. The summed E-state index contributed by atoms with van der Waals surface area (Å²) in [6.45, 7) is 0.675. The Morgan fingerprint density at radius 3 is 2.83 bits per heavy atom. The molecule has 2 aromatic rings. The molecular weight excluding hydrogens is 228 g/mol. The van der Waals surface area contributed by atoms with E-state index in [1.54, 1.807) is 4.68 Å². The summed E-state index contributed by atoms with van der Waals surface area (Å²) >= 11 is 0. The number of ketones is 1. The lowest BCUT2D eigenvalue weighted by molar-refractivity contribution is 0.0982. The first-order valence-electron chi connectivity index (χ1n) is 6.29. The average molecular weight is 244 g/mol. The highest BCUT2D eigenvalue weighted by Gasteiger charge is 2.17. The Hall–Kier alpha value is -1.91. The van der Waals surface area contributed by atoms with Crippen LogP contribution in [0.5, 0.6) is 0 Å². The third-order valence-corrected chi connectivity index (χ3v) is 3.36. The second-order valence-corrected chi connectivity index (χ2v) is 4.88. The average Bonchev–Trinajstić information content (AvgIpc) is 2.88. The first kappa shape index (κ1) is 11.2. The normalized spacial score (nSPS) is 15.5. The Balaban J connectivity index is 1.86. The molecule has 1 aliphatic carbocycles. The zero-order valence-corrected chi connectivity index (χ0v) is 10.5. The largest absolute Gasteiger partial charge is 0.347 e. The Kier molecular flexibility index (Phi) is 2.74. The van der Waals surface area contributed by atoms with E-state index < -0.39 is 0 Å². The van der Waals surface area contributed by atoms with Gasteiger partial charge in [-0.05, 0) is 24.8 Å². The molecule has 0 N–H and O–H groups in total. The van der Waals surface area contributed by atoms with Crippen LogP contribution in [0.2, 0.25) is 0 Å². The number of hydrogen-bond donors (Lipinski definition) is 0. The fourth-order valence-corrected chi connectivity index (χ4v) is 2.49. The van der Waals surface area contributed by atoms with Gasteiger partial charge in [0.25, 0.3) is 0 Å². The lowest BCUT2D eigenvalue weighted by Crippen LogP contribution is -1.99. The van der Waals surface area contributed by atoms with Crippen LogP contribution in [0.1, 0.15) is 40.9 Å². The van der Waals surface area contributed by atoms with Gasteiger partial charge < -0.3 is 4.57 Å². The number of hydrogen-bond acceptors (Lipinski definition) is 3. The molecule has 1 aliphatic rings. The molecule has 2 aromatic heterocycles. The summed E-state index contributed by atoms with van der Waals surface area (Å²) in [4.78, 5) is 11.9. The van der Waals surface area contributed by atoms with Crippen molar-refractivity contribution in [2.45, 2.75) is 32.2 Å². The van der Waals surface area contributed by atoms with Gasteiger partial charge in [0.1, 0.15) is 5.69 Å². The molecule has 0 saturated carbocycles. The lowest BCUT2D eigenvalue weighted by atomic mass is 10.1. The maximum atomic E-state index is 11.9. The van der Waals surface area contributed by atoms with Crippen molar-refractivity contribution in [2.75, 3.05) is 0 Å². The minimum atomic E-state index is 0.278. The first-order chi connectivity index (χ1) is 8.72. The van der Waals surface area contributed by atoms with Gasteiger partial charge in [0.2, 0.25) is 0 Å². The topological polar surface area (TPSA) is 52.7 Å². The van der Waals surface area contributed by atoms with Gasteiger partial charge in [0.15, 0.2) is 5.78 Å². The van der Waals surface area contributed by atoms with Crippen LogP contribution in [0, 0.1) is 0 Å². The van der Waals surface area contributed by atoms with Crippen molar-refractivity contribution in [1.82, 2.24) is 19.6 Å². The summed E-state index contributed by atoms with van der Waals surface area (Å²) in [5, 5.41) is 7.97. The Morgan fingerprint density at radius 1 is 1.22 bits per heavy atom. The maximum absolute atomic E-state index is 11.9. The van der Waals surface area contributed by atoms with E-state index in [0.717, 1.165) is 30.5 Å². The Morgan fingerprint density at radius 2 is 2.06 bits per heavy atom. The van der Waals surface area contributed by atoms with E-state index in [1.165, 1.54) is 5.56 Å². The predicted molar refractivity (Wildman–Crippen MR) is 66.4 cm³/mol. The van der Waals surface area contributed by atoms with E-state index in [-0.39, 0.29) is 5.78 Å². The van der Waals surface area contributed by atoms with Gasteiger partial charge in [-0.3, -0.25) is 9.48 Å². The molecule has 2 heterocycles. The van der Waals surface area contributed by atoms with Crippen molar-refractivity contribution in [2.24, 2.45) is 7.05 Å². The van der Waals surface area contributed by atoms with Gasteiger partial charge in [-0.1, -0.05) is 5.21 Å². The van der Waals surface area contributed by atoms with Crippen LogP contribution in [-0.4, -0.2) is 25.3 Å². The zero-order chi connectivity index (χ0) is 12.5. The van der Waals surface area contributed by atoms with Crippen LogP contribution in [-0.2, 0) is 20.0 Å². The van der Waals surface area contributed by atoms with Crippen LogP contribution >= 0.6 is 0 Å². The summed E-state index contributed by atoms with van der Waals surface area (Å²) in [7, 11) is 1.85. The van der Waals surface area contributed by atoms with Crippen molar-refractivity contribution < 1.29 is 4.79 Å². The van der Waals surface area contributed by atoms with E-state index in [2.05, 4.69) is 16.5 Å². The molecule has 0 aliphatic heterocycles. The number of carbonyl (C=O) groups excluding carboxylic acids is 1. The molecule has 0 fully saturated rings.